The average Bonchev–Trinajstić information content (AvgIpc) is 2.80. The minimum absolute atomic E-state index is 0.920. The molecule has 0 fully saturated rings. The van der Waals surface area contributed by atoms with Gasteiger partial charge in [-0.2, -0.15) is 5.26 Å². The molecule has 0 saturated carbocycles. The highest BCUT2D eigenvalue weighted by atomic mass is 14.7. The molecule has 0 spiro atoms. The molecule has 0 bridgehead atoms. The Morgan fingerprint density at radius 2 is 1.93 bits per heavy atom. The number of nitrogens with one attached hydrogen (secondary N) is 1. The highest BCUT2D eigenvalue weighted by Gasteiger charge is 2.03. The number of rotatable bonds is 2. The fourth-order valence-corrected chi connectivity index (χ4v) is 1.50. The summed E-state index contributed by atoms with van der Waals surface area (Å²) in [4.78, 5) is 3.10. The second kappa shape index (κ2) is 4.30. The molecule has 1 aromatic carbocycles. The molecule has 0 amide bonds. The van der Waals surface area contributed by atoms with Gasteiger partial charge >= 0.3 is 0 Å². The van der Waals surface area contributed by atoms with Crippen LogP contribution in [0.25, 0.3) is 5.57 Å². The van der Waals surface area contributed by atoms with E-state index in [1.54, 1.807) is 6.08 Å². The Balaban J connectivity index is 2.48. The number of aromatic nitrogens is 1. The number of hydrogen-bond acceptors (Lipinski definition) is 1. The van der Waals surface area contributed by atoms with Crippen molar-refractivity contribution in [3.8, 4) is 6.07 Å². The van der Waals surface area contributed by atoms with Gasteiger partial charge in [-0.15, -0.1) is 0 Å². The lowest BCUT2D eigenvalue weighted by molar-refractivity contribution is 1.34. The van der Waals surface area contributed by atoms with E-state index in [2.05, 4.69) is 11.1 Å². The van der Waals surface area contributed by atoms with Crippen LogP contribution < -0.4 is 0 Å². The molecule has 2 nitrogen and oxygen atoms in total. The van der Waals surface area contributed by atoms with Gasteiger partial charge in [0.05, 0.1) is 6.07 Å². The Hall–Kier alpha value is -2.27. The number of H-pyrrole nitrogens is 1. The highest BCUT2D eigenvalue weighted by molar-refractivity contribution is 5.79. The van der Waals surface area contributed by atoms with Crippen LogP contribution in [0.5, 0.6) is 0 Å². The lowest BCUT2D eigenvalue weighted by Gasteiger charge is -2.03. The van der Waals surface area contributed by atoms with Crippen LogP contribution in [0.1, 0.15) is 11.3 Å². The molecule has 0 radical (unpaired) electrons. The van der Waals surface area contributed by atoms with Crippen LogP contribution in [0.2, 0.25) is 0 Å². The van der Waals surface area contributed by atoms with Crippen LogP contribution >= 0.6 is 0 Å². The maximum Gasteiger partial charge on any atom is 0.0919 e. The molecule has 0 aliphatic carbocycles. The van der Waals surface area contributed by atoms with Crippen LogP contribution in [0.3, 0.4) is 0 Å². The highest BCUT2D eigenvalue weighted by Crippen LogP contribution is 2.20. The molecule has 1 N–H and O–H groups in total. The summed E-state index contributed by atoms with van der Waals surface area (Å²) in [6, 6.07) is 15.8. The quantitative estimate of drug-likeness (QED) is 0.733. The van der Waals surface area contributed by atoms with E-state index in [0.717, 1.165) is 16.8 Å². The summed E-state index contributed by atoms with van der Waals surface area (Å²) >= 11 is 0. The van der Waals surface area contributed by atoms with Gasteiger partial charge in [-0.3, -0.25) is 0 Å². The zero-order valence-corrected chi connectivity index (χ0v) is 8.14. The van der Waals surface area contributed by atoms with E-state index in [9.17, 15) is 0 Å². The molecule has 0 aliphatic rings. The van der Waals surface area contributed by atoms with Crippen molar-refractivity contribution in [2.45, 2.75) is 0 Å². The fourth-order valence-electron chi connectivity index (χ4n) is 1.50. The van der Waals surface area contributed by atoms with Crippen LogP contribution in [-0.4, -0.2) is 4.98 Å². The first-order chi connectivity index (χ1) is 7.42. The Bertz CT molecular complexity index is 487. The molecule has 0 aliphatic heterocycles. The molecule has 1 heterocycles. The maximum atomic E-state index is 8.76. The van der Waals surface area contributed by atoms with Crippen molar-refractivity contribution in [2.24, 2.45) is 0 Å². The van der Waals surface area contributed by atoms with Gasteiger partial charge in [-0.1, -0.05) is 30.3 Å². The van der Waals surface area contributed by atoms with E-state index in [1.165, 1.54) is 0 Å². The molecule has 2 heteroatoms. The normalized spacial score (nSPS) is 11.0. The van der Waals surface area contributed by atoms with Crippen molar-refractivity contribution < 1.29 is 0 Å². The van der Waals surface area contributed by atoms with E-state index < -0.39 is 0 Å². The summed E-state index contributed by atoms with van der Waals surface area (Å²) < 4.78 is 0. The minimum atomic E-state index is 0.920. The number of benzene rings is 1. The number of allylic oxidation sites excluding steroid dienone is 1. The molecule has 15 heavy (non-hydrogen) atoms. The van der Waals surface area contributed by atoms with Gasteiger partial charge in [-0.05, 0) is 17.7 Å². The predicted octanol–water partition coefficient (Wildman–Crippen LogP) is 2.97. The van der Waals surface area contributed by atoms with Crippen molar-refractivity contribution in [2.75, 3.05) is 0 Å². The first kappa shape index (κ1) is 9.29. The Kier molecular flexibility index (Phi) is 2.66. The predicted molar refractivity (Wildman–Crippen MR) is 59.9 cm³/mol. The van der Waals surface area contributed by atoms with Crippen molar-refractivity contribution >= 4 is 5.57 Å². The van der Waals surface area contributed by atoms with Crippen LogP contribution in [0.15, 0.2) is 54.7 Å². The number of nitrogens with zero attached hydrogens (tertiary/aromatic N) is 1. The molecule has 72 valence electrons. The molecule has 1 aromatic heterocycles. The average molecular weight is 194 g/mol. The monoisotopic (exact) mass is 194 g/mol. The van der Waals surface area contributed by atoms with Gasteiger partial charge in [0, 0.05) is 23.5 Å². The topological polar surface area (TPSA) is 39.6 Å². The summed E-state index contributed by atoms with van der Waals surface area (Å²) in [6.07, 6.45) is 3.41. The van der Waals surface area contributed by atoms with Gasteiger partial charge in [0.2, 0.25) is 0 Å². The van der Waals surface area contributed by atoms with Gasteiger partial charge in [0.25, 0.3) is 0 Å². The first-order valence-corrected chi connectivity index (χ1v) is 4.71. The Labute approximate surface area is 88.5 Å². The largest absolute Gasteiger partial charge is 0.361 e. The fraction of sp³-hybridized carbons (Fsp3) is 0. The number of aromatic amines is 1. The van der Waals surface area contributed by atoms with E-state index in [0.29, 0.717) is 0 Å². The first-order valence-electron chi connectivity index (χ1n) is 4.71. The zero-order valence-electron chi connectivity index (χ0n) is 8.14. The zero-order chi connectivity index (χ0) is 10.5. The van der Waals surface area contributed by atoms with E-state index in [-0.39, 0.29) is 0 Å². The summed E-state index contributed by atoms with van der Waals surface area (Å²) in [6.45, 7) is 0. The molecular formula is C13H10N2. The molecular weight excluding hydrogens is 184 g/mol. The summed E-state index contributed by atoms with van der Waals surface area (Å²) in [7, 11) is 0. The number of hydrogen-bond donors (Lipinski definition) is 1. The third-order valence-electron chi connectivity index (χ3n) is 2.18. The van der Waals surface area contributed by atoms with Crippen LogP contribution in [-0.2, 0) is 0 Å². The maximum absolute atomic E-state index is 8.76. The van der Waals surface area contributed by atoms with Crippen molar-refractivity contribution in [3.05, 3.63) is 66.0 Å². The third kappa shape index (κ3) is 1.97. The Morgan fingerprint density at radius 3 is 2.53 bits per heavy atom. The van der Waals surface area contributed by atoms with Crippen molar-refractivity contribution in [1.82, 2.24) is 4.98 Å². The van der Waals surface area contributed by atoms with Gasteiger partial charge < -0.3 is 4.98 Å². The molecule has 0 unspecified atom stereocenters. The summed E-state index contributed by atoms with van der Waals surface area (Å²) in [5.74, 6) is 0. The van der Waals surface area contributed by atoms with E-state index in [1.807, 2.05) is 48.7 Å². The van der Waals surface area contributed by atoms with E-state index in [4.69, 9.17) is 5.26 Å². The SMILES string of the molecule is N#CC=C(c1ccccc1)c1ccc[nH]1. The summed E-state index contributed by atoms with van der Waals surface area (Å²) in [5, 5.41) is 8.76. The van der Waals surface area contributed by atoms with Gasteiger partial charge in [0.15, 0.2) is 0 Å². The van der Waals surface area contributed by atoms with Crippen molar-refractivity contribution in [3.63, 3.8) is 0 Å². The Morgan fingerprint density at radius 1 is 1.13 bits per heavy atom. The van der Waals surface area contributed by atoms with Crippen LogP contribution in [0.4, 0.5) is 0 Å². The van der Waals surface area contributed by atoms with Gasteiger partial charge in [0.1, 0.15) is 0 Å². The molecule has 2 rings (SSSR count). The molecule has 0 atom stereocenters. The molecule has 2 aromatic rings. The molecule has 0 saturated heterocycles. The van der Waals surface area contributed by atoms with Gasteiger partial charge in [-0.25, -0.2) is 0 Å². The number of nitriles is 1. The second-order valence-electron chi connectivity index (χ2n) is 3.14. The minimum Gasteiger partial charge on any atom is -0.361 e. The third-order valence-corrected chi connectivity index (χ3v) is 2.18. The van der Waals surface area contributed by atoms with E-state index >= 15 is 0 Å². The standard InChI is InChI=1S/C13H10N2/c14-9-8-12(13-7-4-10-15-13)11-5-2-1-3-6-11/h1-8,10,15H. The lowest BCUT2D eigenvalue weighted by atomic mass is 10.0. The smallest absolute Gasteiger partial charge is 0.0919 e. The lowest BCUT2D eigenvalue weighted by Crippen LogP contribution is -1.86. The summed E-state index contributed by atoms with van der Waals surface area (Å²) in [5.41, 5.74) is 2.92. The van der Waals surface area contributed by atoms with Crippen LogP contribution in [0, 0.1) is 11.3 Å². The second-order valence-corrected chi connectivity index (χ2v) is 3.14. The van der Waals surface area contributed by atoms with Crippen molar-refractivity contribution in [1.29, 1.82) is 5.26 Å².